The van der Waals surface area contributed by atoms with Crippen molar-refractivity contribution in [2.75, 3.05) is 25.5 Å². The van der Waals surface area contributed by atoms with Crippen molar-refractivity contribution < 1.29 is 23.1 Å². The summed E-state index contributed by atoms with van der Waals surface area (Å²) in [6.07, 6.45) is 6.40. The molecule has 1 aliphatic heterocycles. The van der Waals surface area contributed by atoms with Gasteiger partial charge in [0.2, 0.25) is 5.91 Å². The summed E-state index contributed by atoms with van der Waals surface area (Å²) < 4.78 is 31.2. The van der Waals surface area contributed by atoms with Crippen LogP contribution in [0.15, 0.2) is 61.1 Å². The number of rotatable bonds is 7. The maximum atomic E-state index is 13.2. The van der Waals surface area contributed by atoms with Crippen LogP contribution >= 0.6 is 0 Å². The average molecular weight is 535 g/mol. The second kappa shape index (κ2) is 11.1. The normalized spacial score (nSPS) is 14.0. The third kappa shape index (κ3) is 5.52. The summed E-state index contributed by atoms with van der Waals surface area (Å²) >= 11 is 0. The number of carbonyl (C=O) groups excluding carboxylic acids is 2. The molecule has 3 heterocycles. The molecule has 11 heteroatoms. The van der Waals surface area contributed by atoms with Gasteiger partial charge in [-0.05, 0) is 67.8 Å². The molecular weight excluding hydrogens is 506 g/mol. The highest BCUT2D eigenvalue weighted by atomic mass is 19.3. The lowest BCUT2D eigenvalue weighted by Gasteiger charge is -2.31. The molecule has 2 aromatic carbocycles. The van der Waals surface area contributed by atoms with Gasteiger partial charge >= 0.3 is 6.61 Å². The Balaban J connectivity index is 1.31. The fourth-order valence-electron chi connectivity index (χ4n) is 4.87. The average Bonchev–Trinajstić information content (AvgIpc) is 3.38. The van der Waals surface area contributed by atoms with E-state index in [-0.39, 0.29) is 23.5 Å². The molecule has 1 aliphatic rings. The van der Waals surface area contributed by atoms with Gasteiger partial charge in [-0.3, -0.25) is 14.0 Å². The predicted molar refractivity (Wildman–Crippen MR) is 142 cm³/mol. The number of benzene rings is 2. The molecule has 2 N–H and O–H groups in total. The molecule has 0 atom stereocenters. The van der Waals surface area contributed by atoms with Gasteiger partial charge in [0.15, 0.2) is 11.5 Å². The zero-order valence-electron chi connectivity index (χ0n) is 21.5. The van der Waals surface area contributed by atoms with Crippen LogP contribution < -0.4 is 15.4 Å². The number of anilines is 2. The monoisotopic (exact) mass is 534 g/mol. The highest BCUT2D eigenvalue weighted by Crippen LogP contribution is 2.28. The van der Waals surface area contributed by atoms with Crippen molar-refractivity contribution in [3.05, 3.63) is 72.2 Å². The number of carbonyl (C=O) groups is 2. The minimum atomic E-state index is -2.88. The Bertz CT molecular complexity index is 1500. The van der Waals surface area contributed by atoms with Crippen LogP contribution in [0.5, 0.6) is 5.75 Å². The van der Waals surface area contributed by atoms with Crippen molar-refractivity contribution in [1.82, 2.24) is 24.6 Å². The van der Waals surface area contributed by atoms with E-state index in [0.717, 1.165) is 22.5 Å². The van der Waals surface area contributed by atoms with Crippen LogP contribution in [0.4, 0.5) is 20.3 Å². The van der Waals surface area contributed by atoms with E-state index >= 15 is 0 Å². The van der Waals surface area contributed by atoms with E-state index < -0.39 is 6.61 Å². The number of likely N-dealkylation sites (tertiary alicyclic amines) is 1. The van der Waals surface area contributed by atoms with Crippen LogP contribution in [-0.4, -0.2) is 57.8 Å². The third-order valence-corrected chi connectivity index (χ3v) is 6.92. The minimum absolute atomic E-state index is 0.0271. The van der Waals surface area contributed by atoms with Gasteiger partial charge in [-0.2, -0.15) is 8.78 Å². The molecule has 0 aliphatic carbocycles. The first-order chi connectivity index (χ1) is 18.8. The lowest BCUT2D eigenvalue weighted by Crippen LogP contribution is -2.42. The Morgan fingerprint density at radius 1 is 1.08 bits per heavy atom. The van der Waals surface area contributed by atoms with Gasteiger partial charge in [0.05, 0.1) is 11.9 Å². The number of piperidine rings is 1. The number of fused-ring (bicyclic) bond motifs is 1. The maximum Gasteiger partial charge on any atom is 0.387 e. The molecule has 0 unspecified atom stereocenters. The van der Waals surface area contributed by atoms with Crippen molar-refractivity contribution in [2.45, 2.75) is 26.4 Å². The first-order valence-corrected chi connectivity index (χ1v) is 12.6. The van der Waals surface area contributed by atoms with E-state index in [1.54, 1.807) is 48.7 Å². The van der Waals surface area contributed by atoms with E-state index in [4.69, 9.17) is 0 Å². The van der Waals surface area contributed by atoms with Gasteiger partial charge < -0.3 is 20.3 Å². The zero-order valence-corrected chi connectivity index (χ0v) is 21.5. The number of aromatic nitrogens is 3. The van der Waals surface area contributed by atoms with Crippen LogP contribution in [0, 0.1) is 12.8 Å². The summed E-state index contributed by atoms with van der Waals surface area (Å²) in [6.45, 7) is 0.104. The van der Waals surface area contributed by atoms with Crippen molar-refractivity contribution >= 4 is 29.0 Å². The van der Waals surface area contributed by atoms with Crippen LogP contribution in [0.25, 0.3) is 16.9 Å². The molecule has 0 saturated carbocycles. The van der Waals surface area contributed by atoms with Crippen LogP contribution in [0.1, 0.15) is 28.8 Å². The summed E-state index contributed by atoms with van der Waals surface area (Å²) in [5, 5.41) is 5.97. The minimum Gasteiger partial charge on any atom is -0.435 e. The summed E-state index contributed by atoms with van der Waals surface area (Å²) in [5.41, 5.74) is 4.31. The first kappa shape index (κ1) is 26.1. The second-order valence-corrected chi connectivity index (χ2v) is 9.35. The Morgan fingerprint density at radius 2 is 1.82 bits per heavy atom. The molecule has 202 valence electrons. The number of nitrogens with one attached hydrogen (secondary N) is 2. The number of halogens is 2. The molecule has 1 saturated heterocycles. The van der Waals surface area contributed by atoms with Crippen molar-refractivity contribution in [3.63, 3.8) is 0 Å². The quantitative estimate of drug-likeness (QED) is 0.358. The summed E-state index contributed by atoms with van der Waals surface area (Å²) in [7, 11) is 1.63. The number of alkyl halides is 2. The molecule has 0 radical (unpaired) electrons. The molecule has 9 nitrogen and oxygen atoms in total. The highest BCUT2D eigenvalue weighted by Gasteiger charge is 2.28. The molecule has 4 aromatic rings. The maximum absolute atomic E-state index is 13.2. The van der Waals surface area contributed by atoms with Crippen molar-refractivity contribution in [1.29, 1.82) is 0 Å². The standard InChI is InChI=1S/C28H28F2N6O3/c1-17-15-20(5-8-22(17)27(38)35-12-9-19(10-13-35)26(37)31-2)34-24-25-33-16-23(36(25)14-11-32-24)18-3-6-21(7-4-18)39-28(29)30/h3-8,11,14-16,19,28H,9-10,12-13H2,1-2H3,(H,31,37)(H,32,34). The molecule has 1 fully saturated rings. The first-order valence-electron chi connectivity index (χ1n) is 12.6. The van der Waals surface area contributed by atoms with Gasteiger partial charge in [-0.25, -0.2) is 9.97 Å². The van der Waals surface area contributed by atoms with E-state index in [0.29, 0.717) is 43.0 Å². The molecule has 0 bridgehead atoms. The molecule has 5 rings (SSSR count). The van der Waals surface area contributed by atoms with E-state index in [1.807, 2.05) is 23.5 Å². The van der Waals surface area contributed by atoms with Gasteiger partial charge in [-0.1, -0.05) is 0 Å². The summed E-state index contributed by atoms with van der Waals surface area (Å²) in [4.78, 5) is 35.8. The Kier molecular flexibility index (Phi) is 7.40. The smallest absolute Gasteiger partial charge is 0.387 e. The summed E-state index contributed by atoms with van der Waals surface area (Å²) in [5.74, 6) is 0.536. The lowest BCUT2D eigenvalue weighted by atomic mass is 9.95. The number of imidazole rings is 1. The van der Waals surface area contributed by atoms with Gasteiger partial charge in [0.25, 0.3) is 5.91 Å². The van der Waals surface area contributed by atoms with Gasteiger partial charge in [-0.15, -0.1) is 0 Å². The third-order valence-electron chi connectivity index (χ3n) is 6.92. The fourth-order valence-corrected chi connectivity index (χ4v) is 4.87. The van der Waals surface area contributed by atoms with Gasteiger partial charge in [0, 0.05) is 55.3 Å². The lowest BCUT2D eigenvalue weighted by molar-refractivity contribution is -0.125. The fraction of sp³-hybridized carbons (Fsp3) is 0.286. The van der Waals surface area contributed by atoms with Gasteiger partial charge in [0.1, 0.15) is 5.75 Å². The van der Waals surface area contributed by atoms with E-state index in [1.165, 1.54) is 12.1 Å². The number of hydrogen-bond donors (Lipinski definition) is 2. The topological polar surface area (TPSA) is 101 Å². The van der Waals surface area contributed by atoms with Crippen LogP contribution in [0.2, 0.25) is 0 Å². The SMILES string of the molecule is CNC(=O)C1CCN(C(=O)c2ccc(Nc3nccn4c(-c5ccc(OC(F)F)cc5)cnc34)cc2C)CC1. The predicted octanol–water partition coefficient (Wildman–Crippen LogP) is 4.65. The zero-order chi connectivity index (χ0) is 27.5. The van der Waals surface area contributed by atoms with E-state index in [9.17, 15) is 18.4 Å². The van der Waals surface area contributed by atoms with Crippen molar-refractivity contribution in [2.24, 2.45) is 5.92 Å². The van der Waals surface area contributed by atoms with Crippen LogP contribution in [-0.2, 0) is 4.79 Å². The number of hydrogen-bond acceptors (Lipinski definition) is 6. The molecular formula is C28H28F2N6O3. The summed E-state index contributed by atoms with van der Waals surface area (Å²) in [6, 6.07) is 11.9. The van der Waals surface area contributed by atoms with Crippen molar-refractivity contribution in [3.8, 4) is 17.0 Å². The Labute approximate surface area is 223 Å². The largest absolute Gasteiger partial charge is 0.435 e. The second-order valence-electron chi connectivity index (χ2n) is 9.35. The van der Waals surface area contributed by atoms with E-state index in [2.05, 4.69) is 25.3 Å². The molecule has 2 aromatic heterocycles. The Hall–Kier alpha value is -4.54. The highest BCUT2D eigenvalue weighted by molar-refractivity contribution is 5.96. The number of nitrogens with zero attached hydrogens (tertiary/aromatic N) is 4. The molecule has 0 spiro atoms. The number of amides is 2. The number of ether oxygens (including phenoxy) is 1. The number of aryl methyl sites for hydroxylation is 1. The Morgan fingerprint density at radius 3 is 2.49 bits per heavy atom. The molecule has 39 heavy (non-hydrogen) atoms. The molecule has 2 amide bonds. The van der Waals surface area contributed by atoms with Crippen LogP contribution in [0.3, 0.4) is 0 Å².